The van der Waals surface area contributed by atoms with E-state index in [0.717, 1.165) is 4.90 Å². The van der Waals surface area contributed by atoms with Crippen molar-refractivity contribution in [1.29, 1.82) is 0 Å². The summed E-state index contributed by atoms with van der Waals surface area (Å²) in [5.41, 5.74) is 0.486. The van der Waals surface area contributed by atoms with Crippen LogP contribution in [-0.4, -0.2) is 12.0 Å². The number of hydrogen-bond acceptors (Lipinski definition) is 2. The highest BCUT2D eigenvalue weighted by Gasteiger charge is 2.05. The van der Waals surface area contributed by atoms with Crippen LogP contribution in [-0.2, 0) is 11.2 Å². The molecule has 0 radical (unpaired) electrons. The number of thioether (sulfide) groups is 1. The van der Waals surface area contributed by atoms with Crippen LogP contribution in [0.15, 0.2) is 23.1 Å². The Morgan fingerprint density at radius 3 is 2.77 bits per heavy atom. The summed E-state index contributed by atoms with van der Waals surface area (Å²) in [5.74, 6) is -0.315. The lowest BCUT2D eigenvalue weighted by molar-refractivity contribution is -0.116. The Labute approximate surface area is 81.3 Å². The van der Waals surface area contributed by atoms with Crippen molar-refractivity contribution in [2.75, 3.05) is 6.26 Å². The molecule has 3 heteroatoms. The maximum atomic E-state index is 13.1. The van der Waals surface area contributed by atoms with Gasteiger partial charge < -0.3 is 0 Å². The summed E-state index contributed by atoms with van der Waals surface area (Å²) in [4.78, 5) is 11.8. The first-order valence-corrected chi connectivity index (χ1v) is 5.18. The standard InChI is InChI=1S/C10H11FOS/c1-7(12)5-8-6-9(13-2)3-4-10(8)11/h3-4,6H,5H2,1-2H3. The third-order valence-electron chi connectivity index (χ3n) is 1.69. The molecule has 0 amide bonds. The van der Waals surface area contributed by atoms with Gasteiger partial charge in [0.2, 0.25) is 0 Å². The van der Waals surface area contributed by atoms with Crippen molar-refractivity contribution in [2.24, 2.45) is 0 Å². The summed E-state index contributed by atoms with van der Waals surface area (Å²) < 4.78 is 13.1. The van der Waals surface area contributed by atoms with Gasteiger partial charge in [-0.15, -0.1) is 11.8 Å². The molecule has 0 saturated carbocycles. The van der Waals surface area contributed by atoms with Gasteiger partial charge >= 0.3 is 0 Å². The summed E-state index contributed by atoms with van der Waals surface area (Å²) in [6.07, 6.45) is 2.10. The predicted octanol–water partition coefficient (Wildman–Crippen LogP) is 2.68. The van der Waals surface area contributed by atoms with Crippen molar-refractivity contribution >= 4 is 17.5 Å². The normalized spacial score (nSPS) is 10.1. The molecule has 0 aliphatic rings. The van der Waals surface area contributed by atoms with E-state index in [0.29, 0.717) is 5.56 Å². The molecule has 1 rings (SSSR count). The first-order chi connectivity index (χ1) is 6.13. The molecule has 0 saturated heterocycles. The van der Waals surface area contributed by atoms with Crippen LogP contribution in [0.1, 0.15) is 12.5 Å². The Balaban J connectivity index is 2.96. The maximum absolute atomic E-state index is 13.1. The number of ketones is 1. The molecular weight excluding hydrogens is 187 g/mol. The Bertz CT molecular complexity index is 323. The van der Waals surface area contributed by atoms with Crippen LogP contribution in [0.25, 0.3) is 0 Å². The van der Waals surface area contributed by atoms with E-state index in [1.807, 2.05) is 6.26 Å². The molecule has 0 atom stereocenters. The first kappa shape index (κ1) is 10.3. The van der Waals surface area contributed by atoms with E-state index in [1.54, 1.807) is 23.9 Å². The van der Waals surface area contributed by atoms with Crippen LogP contribution in [0.5, 0.6) is 0 Å². The minimum atomic E-state index is -0.298. The van der Waals surface area contributed by atoms with Gasteiger partial charge in [-0.05, 0) is 36.9 Å². The summed E-state index contributed by atoms with van der Waals surface area (Å²) >= 11 is 1.54. The third-order valence-corrected chi connectivity index (χ3v) is 2.42. The van der Waals surface area contributed by atoms with Gasteiger partial charge in [0.25, 0.3) is 0 Å². The number of carbonyl (C=O) groups is 1. The van der Waals surface area contributed by atoms with Crippen LogP contribution in [0.4, 0.5) is 4.39 Å². The van der Waals surface area contributed by atoms with Gasteiger partial charge in [0, 0.05) is 11.3 Å². The zero-order valence-electron chi connectivity index (χ0n) is 7.63. The highest BCUT2D eigenvalue weighted by molar-refractivity contribution is 7.98. The third kappa shape index (κ3) is 2.84. The molecule has 0 heterocycles. The molecule has 0 aromatic heterocycles. The Morgan fingerprint density at radius 1 is 1.54 bits per heavy atom. The van der Waals surface area contributed by atoms with E-state index in [1.165, 1.54) is 13.0 Å². The maximum Gasteiger partial charge on any atom is 0.134 e. The Morgan fingerprint density at radius 2 is 2.23 bits per heavy atom. The van der Waals surface area contributed by atoms with E-state index in [9.17, 15) is 9.18 Å². The van der Waals surface area contributed by atoms with E-state index in [2.05, 4.69) is 0 Å². The van der Waals surface area contributed by atoms with Crippen LogP contribution < -0.4 is 0 Å². The fourth-order valence-electron chi connectivity index (χ4n) is 1.08. The molecule has 0 bridgehead atoms. The number of carbonyl (C=O) groups excluding carboxylic acids is 1. The molecular formula is C10H11FOS. The summed E-state index contributed by atoms with van der Waals surface area (Å²) in [5, 5.41) is 0. The summed E-state index contributed by atoms with van der Waals surface area (Å²) in [6, 6.07) is 4.84. The molecule has 13 heavy (non-hydrogen) atoms. The minimum absolute atomic E-state index is 0.0165. The number of benzene rings is 1. The molecule has 1 nitrogen and oxygen atoms in total. The second-order valence-corrected chi connectivity index (χ2v) is 3.72. The Hall–Kier alpha value is -0.830. The van der Waals surface area contributed by atoms with E-state index in [-0.39, 0.29) is 18.0 Å². The van der Waals surface area contributed by atoms with Gasteiger partial charge in [0.1, 0.15) is 11.6 Å². The summed E-state index contributed by atoms with van der Waals surface area (Å²) in [7, 11) is 0. The SMILES string of the molecule is CSc1ccc(F)c(CC(C)=O)c1. The average Bonchev–Trinajstić information content (AvgIpc) is 2.08. The van der Waals surface area contributed by atoms with Gasteiger partial charge in [0.15, 0.2) is 0 Å². The molecule has 0 aliphatic heterocycles. The zero-order valence-corrected chi connectivity index (χ0v) is 8.45. The molecule has 0 unspecified atom stereocenters. The predicted molar refractivity (Wildman–Crippen MR) is 52.6 cm³/mol. The van der Waals surface area contributed by atoms with Gasteiger partial charge in [-0.25, -0.2) is 4.39 Å². The fraction of sp³-hybridized carbons (Fsp3) is 0.300. The van der Waals surface area contributed by atoms with Crippen molar-refractivity contribution < 1.29 is 9.18 Å². The zero-order chi connectivity index (χ0) is 9.84. The largest absolute Gasteiger partial charge is 0.300 e. The van der Waals surface area contributed by atoms with Gasteiger partial charge in [-0.3, -0.25) is 4.79 Å². The molecule has 1 aromatic carbocycles. The topological polar surface area (TPSA) is 17.1 Å². The van der Waals surface area contributed by atoms with Gasteiger partial charge in [0.05, 0.1) is 0 Å². The van der Waals surface area contributed by atoms with Crippen molar-refractivity contribution in [3.05, 3.63) is 29.6 Å². The number of Topliss-reactive ketones (excluding diaryl/α,β-unsaturated/α-hetero) is 1. The van der Waals surface area contributed by atoms with Crippen LogP contribution >= 0.6 is 11.8 Å². The van der Waals surface area contributed by atoms with Crippen molar-refractivity contribution in [1.82, 2.24) is 0 Å². The van der Waals surface area contributed by atoms with E-state index in [4.69, 9.17) is 0 Å². The lowest BCUT2D eigenvalue weighted by Crippen LogP contribution is -1.99. The monoisotopic (exact) mass is 198 g/mol. The van der Waals surface area contributed by atoms with Crippen LogP contribution in [0.3, 0.4) is 0 Å². The number of halogens is 1. The molecule has 0 spiro atoms. The van der Waals surface area contributed by atoms with Crippen molar-refractivity contribution in [2.45, 2.75) is 18.2 Å². The molecule has 0 fully saturated rings. The minimum Gasteiger partial charge on any atom is -0.300 e. The van der Waals surface area contributed by atoms with Gasteiger partial charge in [-0.1, -0.05) is 0 Å². The summed E-state index contributed by atoms with van der Waals surface area (Å²) in [6.45, 7) is 1.46. The lowest BCUT2D eigenvalue weighted by atomic mass is 10.1. The molecule has 0 aliphatic carbocycles. The second kappa shape index (κ2) is 4.42. The van der Waals surface area contributed by atoms with Crippen molar-refractivity contribution in [3.8, 4) is 0 Å². The highest BCUT2D eigenvalue weighted by Crippen LogP contribution is 2.18. The highest BCUT2D eigenvalue weighted by atomic mass is 32.2. The van der Waals surface area contributed by atoms with Crippen LogP contribution in [0, 0.1) is 5.82 Å². The number of hydrogen-bond donors (Lipinski definition) is 0. The molecule has 0 N–H and O–H groups in total. The van der Waals surface area contributed by atoms with E-state index < -0.39 is 0 Å². The first-order valence-electron chi connectivity index (χ1n) is 3.95. The van der Waals surface area contributed by atoms with Crippen LogP contribution in [0.2, 0.25) is 0 Å². The smallest absolute Gasteiger partial charge is 0.134 e. The molecule has 1 aromatic rings. The van der Waals surface area contributed by atoms with E-state index >= 15 is 0 Å². The molecule has 70 valence electrons. The fourth-order valence-corrected chi connectivity index (χ4v) is 1.55. The Kier molecular flexibility index (Phi) is 3.48. The van der Waals surface area contributed by atoms with Crippen molar-refractivity contribution in [3.63, 3.8) is 0 Å². The number of rotatable bonds is 3. The quantitative estimate of drug-likeness (QED) is 0.694. The lowest BCUT2D eigenvalue weighted by Gasteiger charge is -2.02. The second-order valence-electron chi connectivity index (χ2n) is 2.84. The average molecular weight is 198 g/mol. The van der Waals surface area contributed by atoms with Gasteiger partial charge in [-0.2, -0.15) is 0 Å².